The summed E-state index contributed by atoms with van der Waals surface area (Å²) >= 11 is 1.52. The van der Waals surface area contributed by atoms with Crippen molar-refractivity contribution in [2.24, 2.45) is 0 Å². The van der Waals surface area contributed by atoms with Crippen molar-refractivity contribution in [2.75, 3.05) is 13.3 Å². The van der Waals surface area contributed by atoms with E-state index in [1.807, 2.05) is 37.4 Å². The van der Waals surface area contributed by atoms with E-state index in [1.165, 1.54) is 11.8 Å². The molecule has 6 heteroatoms. The van der Waals surface area contributed by atoms with Gasteiger partial charge in [0.05, 0.1) is 18.1 Å². The quantitative estimate of drug-likeness (QED) is 0.837. The number of nitrogens with one attached hydrogen (secondary N) is 1. The van der Waals surface area contributed by atoms with Gasteiger partial charge in [0.15, 0.2) is 0 Å². The van der Waals surface area contributed by atoms with Crippen LogP contribution < -0.4 is 5.32 Å². The molecule has 0 unspecified atom stereocenters. The first-order chi connectivity index (χ1) is 11.5. The predicted octanol–water partition coefficient (Wildman–Crippen LogP) is 2.92. The second-order valence-electron chi connectivity index (χ2n) is 5.43. The number of hydrogen-bond donors (Lipinski definition) is 1. The maximum atomic E-state index is 12.6. The van der Waals surface area contributed by atoms with Crippen LogP contribution in [0.25, 0.3) is 0 Å². The molecule has 2 amide bonds. The topological polar surface area (TPSA) is 62.6 Å². The number of furan rings is 1. The number of hydrogen-bond acceptors (Lipinski definition) is 4. The van der Waals surface area contributed by atoms with Gasteiger partial charge >= 0.3 is 0 Å². The van der Waals surface area contributed by atoms with Crippen molar-refractivity contribution in [3.05, 3.63) is 59.5 Å². The van der Waals surface area contributed by atoms with Crippen LogP contribution >= 0.6 is 11.8 Å². The fourth-order valence-corrected chi connectivity index (χ4v) is 2.64. The largest absolute Gasteiger partial charge is 0.467 e. The molecule has 1 N–H and O–H groups in total. The highest BCUT2D eigenvalue weighted by molar-refractivity contribution is 7.99. The molecule has 1 aromatic heterocycles. The van der Waals surface area contributed by atoms with E-state index in [0.29, 0.717) is 18.7 Å². The third kappa shape index (κ3) is 4.64. The molecule has 0 bridgehead atoms. The zero-order chi connectivity index (χ0) is 17.5. The monoisotopic (exact) mass is 346 g/mol. The van der Waals surface area contributed by atoms with Crippen LogP contribution in [0.4, 0.5) is 0 Å². The molecular weight excluding hydrogens is 324 g/mol. The van der Waals surface area contributed by atoms with Gasteiger partial charge in [-0.05, 0) is 43.0 Å². The molecule has 1 aromatic carbocycles. The molecular formula is C18H22N2O3S. The first kappa shape index (κ1) is 18.1. The van der Waals surface area contributed by atoms with Crippen LogP contribution in [-0.2, 0) is 17.9 Å². The second kappa shape index (κ2) is 8.59. The number of carbonyl (C=O) groups is 2. The highest BCUT2D eigenvalue weighted by Gasteiger charge is 2.21. The molecule has 0 spiro atoms. The van der Waals surface area contributed by atoms with Crippen LogP contribution in [0.1, 0.15) is 28.6 Å². The molecule has 24 heavy (non-hydrogen) atoms. The molecule has 0 aliphatic heterocycles. The van der Waals surface area contributed by atoms with E-state index >= 15 is 0 Å². The molecule has 2 aromatic rings. The first-order valence-electron chi connectivity index (χ1n) is 7.70. The van der Waals surface area contributed by atoms with Gasteiger partial charge in [0.1, 0.15) is 5.76 Å². The molecule has 0 aliphatic carbocycles. The molecule has 5 nitrogen and oxygen atoms in total. The number of amides is 2. The van der Waals surface area contributed by atoms with Gasteiger partial charge in [-0.15, -0.1) is 0 Å². The minimum Gasteiger partial charge on any atom is -0.467 e. The summed E-state index contributed by atoms with van der Waals surface area (Å²) in [4.78, 5) is 26.0. The average molecular weight is 346 g/mol. The lowest BCUT2D eigenvalue weighted by molar-refractivity contribution is -0.131. The van der Waals surface area contributed by atoms with Crippen LogP contribution in [-0.4, -0.2) is 35.3 Å². The Morgan fingerprint density at radius 3 is 2.46 bits per heavy atom. The van der Waals surface area contributed by atoms with E-state index in [1.54, 1.807) is 30.3 Å². The molecule has 1 atom stereocenters. The summed E-state index contributed by atoms with van der Waals surface area (Å²) in [5.74, 6) is 0.689. The summed E-state index contributed by atoms with van der Waals surface area (Å²) in [5, 5.41) is 2.47. The molecule has 2 rings (SSSR count). The van der Waals surface area contributed by atoms with Gasteiger partial charge in [-0.2, -0.15) is 11.8 Å². The Kier molecular flexibility index (Phi) is 6.49. The van der Waals surface area contributed by atoms with E-state index in [-0.39, 0.29) is 17.1 Å². The van der Waals surface area contributed by atoms with Gasteiger partial charge in [0.25, 0.3) is 5.91 Å². The van der Waals surface area contributed by atoms with Crippen molar-refractivity contribution < 1.29 is 14.0 Å². The summed E-state index contributed by atoms with van der Waals surface area (Å²) in [5.41, 5.74) is 1.57. The first-order valence-corrected chi connectivity index (χ1v) is 8.99. The van der Waals surface area contributed by atoms with Gasteiger partial charge < -0.3 is 14.6 Å². The Bertz CT molecular complexity index is 668. The van der Waals surface area contributed by atoms with Crippen molar-refractivity contribution in [1.29, 1.82) is 0 Å². The standard InChI is InChI=1S/C18H22N2O3S/c1-13(24-3)18(22)20(12-16-5-4-10-23-16)11-14-6-8-15(9-7-14)17(21)19-2/h4-10,13H,11-12H2,1-3H3,(H,19,21)/t13-/m0/s1. The number of thioether (sulfide) groups is 1. The third-order valence-electron chi connectivity index (χ3n) is 3.76. The maximum absolute atomic E-state index is 12.6. The molecule has 0 aliphatic rings. The molecule has 0 fully saturated rings. The zero-order valence-corrected chi connectivity index (χ0v) is 14.9. The van der Waals surface area contributed by atoms with Gasteiger partial charge in [-0.3, -0.25) is 9.59 Å². The predicted molar refractivity (Wildman–Crippen MR) is 95.8 cm³/mol. The van der Waals surface area contributed by atoms with E-state index in [4.69, 9.17) is 4.42 Å². The SMILES string of the molecule is CNC(=O)c1ccc(CN(Cc2ccco2)C(=O)[C@H](C)SC)cc1. The van der Waals surface area contributed by atoms with Gasteiger partial charge in [-0.1, -0.05) is 12.1 Å². The Balaban J connectivity index is 2.14. The lowest BCUT2D eigenvalue weighted by atomic mass is 10.1. The minimum absolute atomic E-state index is 0.0641. The van der Waals surface area contributed by atoms with Crippen LogP contribution in [0.5, 0.6) is 0 Å². The fraction of sp³-hybridized carbons (Fsp3) is 0.333. The summed E-state index contributed by atoms with van der Waals surface area (Å²) in [6.07, 6.45) is 3.53. The van der Waals surface area contributed by atoms with Crippen molar-refractivity contribution in [3.63, 3.8) is 0 Å². The summed E-state index contributed by atoms with van der Waals surface area (Å²) in [7, 11) is 1.60. The van der Waals surface area contributed by atoms with E-state index < -0.39 is 0 Å². The van der Waals surface area contributed by atoms with Crippen LogP contribution in [0.3, 0.4) is 0 Å². The van der Waals surface area contributed by atoms with Crippen LogP contribution in [0, 0.1) is 0 Å². The van der Waals surface area contributed by atoms with E-state index in [9.17, 15) is 9.59 Å². The Labute approximate surface area is 146 Å². The number of rotatable bonds is 7. The minimum atomic E-state index is -0.124. The number of nitrogens with zero attached hydrogens (tertiary/aromatic N) is 1. The molecule has 0 saturated carbocycles. The molecule has 128 valence electrons. The van der Waals surface area contributed by atoms with Gasteiger partial charge in [-0.25, -0.2) is 0 Å². The fourth-order valence-electron chi connectivity index (χ4n) is 2.29. The summed E-state index contributed by atoms with van der Waals surface area (Å²) < 4.78 is 5.38. The number of carbonyl (C=O) groups excluding carboxylic acids is 2. The van der Waals surface area contributed by atoms with Gasteiger partial charge in [0.2, 0.25) is 5.91 Å². The van der Waals surface area contributed by atoms with E-state index in [0.717, 1.165) is 11.3 Å². The molecule has 1 heterocycles. The second-order valence-corrected chi connectivity index (χ2v) is 6.61. The highest BCUT2D eigenvalue weighted by Crippen LogP contribution is 2.17. The lowest BCUT2D eigenvalue weighted by Gasteiger charge is -2.24. The van der Waals surface area contributed by atoms with Crippen LogP contribution in [0.2, 0.25) is 0 Å². The third-order valence-corrected chi connectivity index (χ3v) is 4.67. The van der Waals surface area contributed by atoms with Crippen molar-refractivity contribution >= 4 is 23.6 Å². The highest BCUT2D eigenvalue weighted by atomic mass is 32.2. The van der Waals surface area contributed by atoms with E-state index in [2.05, 4.69) is 5.32 Å². The maximum Gasteiger partial charge on any atom is 0.251 e. The van der Waals surface area contributed by atoms with Crippen molar-refractivity contribution in [2.45, 2.75) is 25.3 Å². The number of benzene rings is 1. The summed E-state index contributed by atoms with van der Waals surface area (Å²) in [6, 6.07) is 10.9. The summed E-state index contributed by atoms with van der Waals surface area (Å²) in [6.45, 7) is 2.79. The zero-order valence-electron chi connectivity index (χ0n) is 14.1. The Hall–Kier alpha value is -2.21. The van der Waals surface area contributed by atoms with Crippen LogP contribution in [0.15, 0.2) is 47.1 Å². The van der Waals surface area contributed by atoms with Crippen molar-refractivity contribution in [3.8, 4) is 0 Å². The average Bonchev–Trinajstić information content (AvgIpc) is 3.12. The Morgan fingerprint density at radius 2 is 1.92 bits per heavy atom. The normalized spacial score (nSPS) is 11.8. The van der Waals surface area contributed by atoms with Crippen molar-refractivity contribution in [1.82, 2.24) is 10.2 Å². The van der Waals surface area contributed by atoms with Gasteiger partial charge in [0, 0.05) is 19.2 Å². The molecule has 0 radical (unpaired) electrons. The smallest absolute Gasteiger partial charge is 0.251 e. The Morgan fingerprint density at radius 1 is 1.21 bits per heavy atom. The lowest BCUT2D eigenvalue weighted by Crippen LogP contribution is -2.35. The molecule has 0 saturated heterocycles.